The molecule has 0 aliphatic rings. The average Bonchev–Trinajstić information content (AvgIpc) is 2.77. The van der Waals surface area contributed by atoms with Crippen LogP contribution in [0.15, 0.2) is 24.3 Å². The van der Waals surface area contributed by atoms with Crippen molar-refractivity contribution in [2.24, 2.45) is 0 Å². The number of thiol groups is 1. The number of unbranched alkanes of at least 4 members (excludes halogenated alkanes) is 2. The number of nitrogens with zero attached hydrogens (tertiary/aromatic N) is 1. The highest BCUT2D eigenvalue weighted by molar-refractivity contribution is 7.80. The summed E-state index contributed by atoms with van der Waals surface area (Å²) < 4.78 is 5.22. The molecule has 178 valence electrons. The molecule has 2 N–H and O–H groups in total. The quantitative estimate of drug-likeness (QED) is 0.212. The third-order valence-corrected chi connectivity index (χ3v) is 4.89. The Bertz CT molecular complexity index is 894. The molecule has 0 fully saturated rings. The first-order chi connectivity index (χ1) is 15.6. The molecule has 0 spiro atoms. The number of carbonyl (C=O) groups excluding carboxylic acids is 3. The lowest BCUT2D eigenvalue weighted by Crippen LogP contribution is -2.52. The summed E-state index contributed by atoms with van der Waals surface area (Å²) in [6.45, 7) is 7.62. The van der Waals surface area contributed by atoms with Crippen LogP contribution in [-0.4, -0.2) is 46.7 Å². The maximum absolute atomic E-state index is 13.3. The van der Waals surface area contributed by atoms with Crippen LogP contribution in [0, 0.1) is 24.8 Å². The van der Waals surface area contributed by atoms with Gasteiger partial charge in [-0.25, -0.2) is 4.79 Å². The molecule has 1 aromatic carbocycles. The zero-order valence-electron chi connectivity index (χ0n) is 19.7. The number of terminal acetylenes is 2. The molecule has 0 saturated heterocycles. The van der Waals surface area contributed by atoms with Gasteiger partial charge in [-0.2, -0.15) is 12.6 Å². The van der Waals surface area contributed by atoms with Crippen LogP contribution < -0.4 is 10.6 Å². The highest BCUT2D eigenvalue weighted by atomic mass is 32.1. The maximum atomic E-state index is 13.3. The van der Waals surface area contributed by atoms with Crippen molar-refractivity contribution < 1.29 is 19.1 Å². The Morgan fingerprint density at radius 3 is 2.27 bits per heavy atom. The molecule has 2 atom stereocenters. The molecule has 3 amide bonds. The van der Waals surface area contributed by atoms with E-state index >= 15 is 0 Å². The minimum absolute atomic E-state index is 0.0445. The van der Waals surface area contributed by atoms with Crippen LogP contribution in [0.1, 0.15) is 64.1 Å². The fraction of sp³-hybridized carbons (Fsp3) is 0.480. The lowest BCUT2D eigenvalue weighted by molar-refractivity contribution is -0.138. The lowest BCUT2D eigenvalue weighted by Gasteiger charge is -2.30. The summed E-state index contributed by atoms with van der Waals surface area (Å²) in [6.07, 6.45) is 13.1. The number of rotatable bonds is 10. The Hall–Kier alpha value is -3.10. The van der Waals surface area contributed by atoms with Gasteiger partial charge < -0.3 is 15.4 Å². The van der Waals surface area contributed by atoms with Gasteiger partial charge in [0.25, 0.3) is 5.91 Å². The molecule has 1 rings (SSSR count). The Morgan fingerprint density at radius 1 is 1.15 bits per heavy atom. The van der Waals surface area contributed by atoms with Gasteiger partial charge in [-0.05, 0) is 44.9 Å². The second-order valence-electron chi connectivity index (χ2n) is 8.39. The van der Waals surface area contributed by atoms with Gasteiger partial charge in [-0.1, -0.05) is 44.2 Å². The number of nitrogens with one attached hydrogen (secondary N) is 2. The molecule has 0 aliphatic carbocycles. The van der Waals surface area contributed by atoms with Gasteiger partial charge in [-0.15, -0.1) is 6.42 Å². The molecule has 0 aromatic heterocycles. The van der Waals surface area contributed by atoms with Crippen molar-refractivity contribution in [2.75, 3.05) is 12.3 Å². The number of hydrogen-bond donors (Lipinski definition) is 3. The van der Waals surface area contributed by atoms with E-state index in [9.17, 15) is 14.4 Å². The zero-order chi connectivity index (χ0) is 25.0. The molecule has 7 nitrogen and oxygen atoms in total. The number of amides is 3. The van der Waals surface area contributed by atoms with E-state index in [0.717, 1.165) is 24.2 Å². The minimum atomic E-state index is -1.11. The van der Waals surface area contributed by atoms with E-state index in [2.05, 4.69) is 42.2 Å². The van der Waals surface area contributed by atoms with Crippen LogP contribution in [-0.2, 0) is 14.3 Å². The van der Waals surface area contributed by atoms with Crippen molar-refractivity contribution in [1.82, 2.24) is 15.5 Å². The fourth-order valence-corrected chi connectivity index (χ4v) is 3.18. The number of alkyl carbamates (subject to hydrolysis) is 1. The molecule has 33 heavy (non-hydrogen) atoms. The first-order valence-electron chi connectivity index (χ1n) is 10.8. The molecule has 1 aromatic rings. The van der Waals surface area contributed by atoms with E-state index in [1.807, 2.05) is 0 Å². The smallest absolute Gasteiger partial charge is 0.408 e. The van der Waals surface area contributed by atoms with Crippen LogP contribution in [0.3, 0.4) is 0 Å². The Labute approximate surface area is 202 Å². The van der Waals surface area contributed by atoms with Crippen LogP contribution >= 0.6 is 12.6 Å². The summed E-state index contributed by atoms with van der Waals surface area (Å²) in [5.41, 5.74) is 0.363. The number of hydrogen-bond acceptors (Lipinski definition) is 5. The van der Waals surface area contributed by atoms with Gasteiger partial charge >= 0.3 is 6.09 Å². The van der Waals surface area contributed by atoms with Crippen LogP contribution in [0.4, 0.5) is 4.79 Å². The Morgan fingerprint density at radius 2 is 1.79 bits per heavy atom. The van der Waals surface area contributed by atoms with E-state index < -0.39 is 35.6 Å². The molecule has 0 heterocycles. The van der Waals surface area contributed by atoms with Crippen LogP contribution in [0.2, 0.25) is 0 Å². The van der Waals surface area contributed by atoms with Crippen molar-refractivity contribution in [3.63, 3.8) is 0 Å². The molecule has 0 bridgehead atoms. The van der Waals surface area contributed by atoms with Crippen molar-refractivity contribution in [3.05, 3.63) is 35.4 Å². The molecule has 0 saturated carbocycles. The van der Waals surface area contributed by atoms with Crippen LogP contribution in [0.25, 0.3) is 0 Å². The van der Waals surface area contributed by atoms with E-state index in [0.29, 0.717) is 17.7 Å². The second kappa shape index (κ2) is 13.4. The highest BCUT2D eigenvalue weighted by Crippen LogP contribution is 2.23. The second-order valence-corrected chi connectivity index (χ2v) is 8.75. The van der Waals surface area contributed by atoms with E-state index in [1.54, 1.807) is 45.0 Å². The average molecular weight is 472 g/mol. The largest absolute Gasteiger partial charge is 0.444 e. The molecule has 0 aliphatic heterocycles. The molecule has 2 unspecified atom stereocenters. The molecular weight excluding hydrogens is 438 g/mol. The lowest BCUT2D eigenvalue weighted by atomic mass is 10.0. The fourth-order valence-electron chi connectivity index (χ4n) is 2.93. The van der Waals surface area contributed by atoms with Gasteiger partial charge in [0, 0.05) is 23.9 Å². The zero-order valence-corrected chi connectivity index (χ0v) is 20.6. The van der Waals surface area contributed by atoms with Crippen molar-refractivity contribution in [2.45, 2.75) is 64.6 Å². The van der Waals surface area contributed by atoms with E-state index in [-0.39, 0.29) is 5.75 Å². The molecule has 8 heteroatoms. The van der Waals surface area contributed by atoms with Gasteiger partial charge in [0.15, 0.2) is 0 Å². The predicted molar refractivity (Wildman–Crippen MR) is 132 cm³/mol. The first kappa shape index (κ1) is 27.9. The van der Waals surface area contributed by atoms with Gasteiger partial charge in [0.05, 0.1) is 0 Å². The van der Waals surface area contributed by atoms with E-state index in [4.69, 9.17) is 17.6 Å². The molecule has 0 radical (unpaired) electrons. The van der Waals surface area contributed by atoms with Crippen molar-refractivity contribution in [3.8, 4) is 24.8 Å². The van der Waals surface area contributed by atoms with Crippen molar-refractivity contribution in [1.29, 1.82) is 0 Å². The summed E-state index contributed by atoms with van der Waals surface area (Å²) in [7, 11) is 0. The topological polar surface area (TPSA) is 87.7 Å². The third-order valence-electron chi connectivity index (χ3n) is 4.53. The van der Waals surface area contributed by atoms with Gasteiger partial charge in [0.2, 0.25) is 5.91 Å². The normalized spacial score (nSPS) is 12.5. The van der Waals surface area contributed by atoms with Gasteiger partial charge in [-0.3, -0.25) is 14.5 Å². The third kappa shape index (κ3) is 9.11. The number of benzene rings is 1. The first-order valence-corrected chi connectivity index (χ1v) is 11.4. The van der Waals surface area contributed by atoms with Crippen molar-refractivity contribution >= 4 is 30.5 Å². The van der Waals surface area contributed by atoms with Crippen LogP contribution in [0.5, 0.6) is 0 Å². The molecular formula is C25H33N3O4S. The Kier molecular flexibility index (Phi) is 11.4. The standard InChI is InChI=1S/C25H33N3O4S/c1-7-10-11-16-26-22(29)21(19-14-12-18(8-2)13-15-19)28(9-3)23(30)20(17-33)27-24(31)32-25(4,5)6/h2-3,12-15,20-21,33H,7,10-11,16-17H2,1,4-6H3,(H,26,29)(H,27,31). The number of ether oxygens (including phenoxy) is 1. The highest BCUT2D eigenvalue weighted by Gasteiger charge is 2.35. The summed E-state index contributed by atoms with van der Waals surface area (Å²) >= 11 is 4.18. The predicted octanol–water partition coefficient (Wildman–Crippen LogP) is 3.26. The van der Waals surface area contributed by atoms with E-state index in [1.165, 1.54) is 0 Å². The summed E-state index contributed by atoms with van der Waals surface area (Å²) in [5, 5.41) is 5.32. The summed E-state index contributed by atoms with van der Waals surface area (Å²) in [6, 6.07) is 6.74. The summed E-state index contributed by atoms with van der Waals surface area (Å²) in [5.74, 6) is 1.38. The summed E-state index contributed by atoms with van der Waals surface area (Å²) in [4.78, 5) is 39.6. The van der Waals surface area contributed by atoms with Gasteiger partial charge in [0.1, 0.15) is 17.7 Å². The monoisotopic (exact) mass is 471 g/mol. The minimum Gasteiger partial charge on any atom is -0.444 e. The number of carbonyl (C=O) groups is 3. The SMILES string of the molecule is C#Cc1ccc(C(C(=O)NCCCCC)N(C#C)C(=O)C(CS)NC(=O)OC(C)(C)C)cc1. The maximum Gasteiger partial charge on any atom is 0.408 e. The Balaban J connectivity index is 3.21.